The summed E-state index contributed by atoms with van der Waals surface area (Å²) in [5, 5.41) is 11.9. The van der Waals surface area contributed by atoms with Crippen LogP contribution in [0.5, 0.6) is 0 Å². The zero-order valence-electron chi connectivity index (χ0n) is 11.5. The number of hydrogen-bond acceptors (Lipinski definition) is 3. The lowest BCUT2D eigenvalue weighted by atomic mass is 10.1. The summed E-state index contributed by atoms with van der Waals surface area (Å²) in [5.41, 5.74) is 1.58. The van der Waals surface area contributed by atoms with Gasteiger partial charge in [-0.25, -0.2) is 0 Å². The van der Waals surface area contributed by atoms with E-state index in [2.05, 4.69) is 5.32 Å². The van der Waals surface area contributed by atoms with Gasteiger partial charge in [-0.3, -0.25) is 9.59 Å². The van der Waals surface area contributed by atoms with Gasteiger partial charge < -0.3 is 15.3 Å². The SMILES string of the molecule is CC(=O)Nc1ccc(CC(=O)N(C)CC(C)O)cc1. The fraction of sp³-hybridized carbons (Fsp3) is 0.429. The molecule has 1 rings (SSSR count). The topological polar surface area (TPSA) is 69.6 Å². The number of anilines is 1. The summed E-state index contributed by atoms with van der Waals surface area (Å²) >= 11 is 0. The normalized spacial score (nSPS) is 11.8. The van der Waals surface area contributed by atoms with E-state index in [0.29, 0.717) is 12.2 Å². The largest absolute Gasteiger partial charge is 0.392 e. The number of benzene rings is 1. The van der Waals surface area contributed by atoms with E-state index < -0.39 is 6.10 Å². The first kappa shape index (κ1) is 15.2. The molecular weight excluding hydrogens is 244 g/mol. The average Bonchev–Trinajstić information content (AvgIpc) is 2.30. The highest BCUT2D eigenvalue weighted by Crippen LogP contribution is 2.10. The Morgan fingerprint density at radius 3 is 2.37 bits per heavy atom. The van der Waals surface area contributed by atoms with E-state index in [4.69, 9.17) is 0 Å². The van der Waals surface area contributed by atoms with Crippen molar-refractivity contribution in [3.05, 3.63) is 29.8 Å². The minimum absolute atomic E-state index is 0.0480. The van der Waals surface area contributed by atoms with Crippen LogP contribution in [-0.4, -0.2) is 41.5 Å². The summed E-state index contributed by atoms with van der Waals surface area (Å²) in [6.45, 7) is 3.41. The Hall–Kier alpha value is -1.88. The lowest BCUT2D eigenvalue weighted by Gasteiger charge is -2.18. The molecule has 19 heavy (non-hydrogen) atoms. The monoisotopic (exact) mass is 264 g/mol. The molecular formula is C14H20N2O3. The van der Waals surface area contributed by atoms with Crippen LogP contribution in [0.15, 0.2) is 24.3 Å². The summed E-state index contributed by atoms with van der Waals surface area (Å²) in [4.78, 5) is 24.2. The lowest BCUT2D eigenvalue weighted by molar-refractivity contribution is -0.130. The quantitative estimate of drug-likeness (QED) is 0.834. The van der Waals surface area contributed by atoms with Gasteiger partial charge in [0.05, 0.1) is 12.5 Å². The van der Waals surface area contributed by atoms with Crippen molar-refractivity contribution < 1.29 is 14.7 Å². The fourth-order valence-corrected chi connectivity index (χ4v) is 1.72. The van der Waals surface area contributed by atoms with Crippen LogP contribution in [-0.2, 0) is 16.0 Å². The first-order valence-corrected chi connectivity index (χ1v) is 6.17. The predicted molar refractivity (Wildman–Crippen MR) is 73.8 cm³/mol. The molecule has 104 valence electrons. The molecule has 1 atom stereocenters. The van der Waals surface area contributed by atoms with Gasteiger partial charge in [0.15, 0.2) is 0 Å². The van der Waals surface area contributed by atoms with Gasteiger partial charge >= 0.3 is 0 Å². The Labute approximate surface area is 113 Å². The van der Waals surface area contributed by atoms with Crippen molar-refractivity contribution in [1.82, 2.24) is 4.90 Å². The maximum Gasteiger partial charge on any atom is 0.226 e. The van der Waals surface area contributed by atoms with Crippen LogP contribution in [0, 0.1) is 0 Å². The highest BCUT2D eigenvalue weighted by Gasteiger charge is 2.11. The maximum absolute atomic E-state index is 11.9. The Morgan fingerprint density at radius 2 is 1.89 bits per heavy atom. The minimum Gasteiger partial charge on any atom is -0.392 e. The third-order valence-electron chi connectivity index (χ3n) is 2.59. The molecule has 1 unspecified atom stereocenters. The van der Waals surface area contributed by atoms with Gasteiger partial charge in [0.2, 0.25) is 11.8 Å². The molecule has 0 fully saturated rings. The number of aliphatic hydroxyl groups is 1. The van der Waals surface area contributed by atoms with Crippen LogP contribution < -0.4 is 5.32 Å². The van der Waals surface area contributed by atoms with Crippen LogP contribution in [0.25, 0.3) is 0 Å². The summed E-state index contributed by atoms with van der Waals surface area (Å²) in [6.07, 6.45) is -0.250. The van der Waals surface area contributed by atoms with Crippen molar-refractivity contribution in [1.29, 1.82) is 0 Å². The molecule has 5 nitrogen and oxygen atoms in total. The smallest absolute Gasteiger partial charge is 0.226 e. The first-order chi connectivity index (χ1) is 8.88. The van der Waals surface area contributed by atoms with Crippen LogP contribution >= 0.6 is 0 Å². The van der Waals surface area contributed by atoms with Gasteiger partial charge in [-0.05, 0) is 24.6 Å². The molecule has 0 aliphatic rings. The molecule has 2 amide bonds. The van der Waals surface area contributed by atoms with Crippen molar-refractivity contribution in [2.75, 3.05) is 18.9 Å². The van der Waals surface area contributed by atoms with E-state index in [-0.39, 0.29) is 18.2 Å². The molecule has 0 aliphatic heterocycles. The summed E-state index contributed by atoms with van der Waals surface area (Å²) in [5.74, 6) is -0.173. The second kappa shape index (κ2) is 6.89. The van der Waals surface area contributed by atoms with E-state index in [1.54, 1.807) is 38.2 Å². The van der Waals surface area contributed by atoms with E-state index in [0.717, 1.165) is 5.56 Å². The molecule has 0 spiro atoms. The molecule has 1 aromatic rings. The van der Waals surface area contributed by atoms with Gasteiger partial charge in [0.1, 0.15) is 0 Å². The minimum atomic E-state index is -0.531. The Balaban J connectivity index is 2.57. The number of amides is 2. The predicted octanol–water partition coefficient (Wildman–Crippen LogP) is 1.03. The summed E-state index contributed by atoms with van der Waals surface area (Å²) in [7, 11) is 1.67. The van der Waals surface area contributed by atoms with Crippen LogP contribution in [0.3, 0.4) is 0 Å². The van der Waals surface area contributed by atoms with Crippen LogP contribution in [0.2, 0.25) is 0 Å². The summed E-state index contributed by atoms with van der Waals surface area (Å²) < 4.78 is 0. The molecule has 0 radical (unpaired) electrons. The third-order valence-corrected chi connectivity index (χ3v) is 2.59. The number of hydrogen-bond donors (Lipinski definition) is 2. The molecule has 0 saturated carbocycles. The Bertz CT molecular complexity index is 441. The lowest BCUT2D eigenvalue weighted by Crippen LogP contribution is -2.34. The maximum atomic E-state index is 11.9. The van der Waals surface area contributed by atoms with E-state index in [1.807, 2.05) is 0 Å². The van der Waals surface area contributed by atoms with E-state index >= 15 is 0 Å². The standard InChI is InChI=1S/C14H20N2O3/c1-10(17)9-16(3)14(19)8-12-4-6-13(7-5-12)15-11(2)18/h4-7,10,17H,8-9H2,1-3H3,(H,15,18). The van der Waals surface area contributed by atoms with Gasteiger partial charge in [-0.1, -0.05) is 12.1 Å². The number of nitrogens with one attached hydrogen (secondary N) is 1. The van der Waals surface area contributed by atoms with Gasteiger partial charge in [0.25, 0.3) is 0 Å². The van der Waals surface area contributed by atoms with Crippen molar-refractivity contribution >= 4 is 17.5 Å². The molecule has 0 aromatic heterocycles. The van der Waals surface area contributed by atoms with Gasteiger partial charge in [-0.15, -0.1) is 0 Å². The first-order valence-electron chi connectivity index (χ1n) is 6.17. The average molecular weight is 264 g/mol. The Morgan fingerprint density at radius 1 is 1.32 bits per heavy atom. The molecule has 0 saturated heterocycles. The number of nitrogens with zero attached hydrogens (tertiary/aromatic N) is 1. The van der Waals surface area contributed by atoms with Gasteiger partial charge in [0, 0.05) is 26.2 Å². The zero-order valence-corrected chi connectivity index (χ0v) is 11.5. The highest BCUT2D eigenvalue weighted by molar-refractivity contribution is 5.88. The molecule has 5 heteroatoms. The highest BCUT2D eigenvalue weighted by atomic mass is 16.3. The second-order valence-electron chi connectivity index (χ2n) is 4.68. The molecule has 1 aromatic carbocycles. The second-order valence-corrected chi connectivity index (χ2v) is 4.68. The van der Waals surface area contributed by atoms with Crippen LogP contribution in [0.4, 0.5) is 5.69 Å². The molecule has 0 bridgehead atoms. The van der Waals surface area contributed by atoms with Gasteiger partial charge in [-0.2, -0.15) is 0 Å². The van der Waals surface area contributed by atoms with Crippen molar-refractivity contribution in [3.8, 4) is 0 Å². The molecule has 0 aliphatic carbocycles. The Kier molecular flexibility index (Phi) is 5.51. The van der Waals surface area contributed by atoms with Crippen molar-refractivity contribution in [2.45, 2.75) is 26.4 Å². The number of carbonyl (C=O) groups excluding carboxylic acids is 2. The van der Waals surface area contributed by atoms with Crippen molar-refractivity contribution in [3.63, 3.8) is 0 Å². The van der Waals surface area contributed by atoms with E-state index in [1.165, 1.54) is 11.8 Å². The number of carbonyl (C=O) groups is 2. The number of aliphatic hydroxyl groups excluding tert-OH is 1. The number of rotatable bonds is 5. The fourth-order valence-electron chi connectivity index (χ4n) is 1.72. The zero-order chi connectivity index (χ0) is 14.4. The number of likely N-dealkylation sites (N-methyl/N-ethyl adjacent to an activating group) is 1. The van der Waals surface area contributed by atoms with Crippen molar-refractivity contribution in [2.24, 2.45) is 0 Å². The summed E-state index contributed by atoms with van der Waals surface area (Å²) in [6, 6.07) is 7.14. The molecule has 2 N–H and O–H groups in total. The molecule has 0 heterocycles. The third kappa shape index (κ3) is 5.52. The van der Waals surface area contributed by atoms with E-state index in [9.17, 15) is 14.7 Å². The van der Waals surface area contributed by atoms with Crippen LogP contribution in [0.1, 0.15) is 19.4 Å².